The van der Waals surface area contributed by atoms with Gasteiger partial charge < -0.3 is 10.1 Å². The average Bonchev–Trinajstić information content (AvgIpc) is 2.09. The quantitative estimate of drug-likeness (QED) is 0.863. The molecule has 0 radical (unpaired) electrons. The molecule has 1 N–H and O–H groups in total. The van der Waals surface area contributed by atoms with Gasteiger partial charge in [0.2, 0.25) is 5.91 Å². The zero-order valence-electron chi connectivity index (χ0n) is 7.21. The van der Waals surface area contributed by atoms with Gasteiger partial charge in [0.1, 0.15) is 6.61 Å². The van der Waals surface area contributed by atoms with Crippen LogP contribution in [0.5, 0.6) is 0 Å². The number of carbonyl (C=O) groups excluding carboxylic acids is 1. The van der Waals surface area contributed by atoms with E-state index in [1.54, 1.807) is 0 Å². The second-order valence-corrected chi connectivity index (χ2v) is 3.62. The van der Waals surface area contributed by atoms with E-state index >= 15 is 0 Å². The highest BCUT2D eigenvalue weighted by molar-refractivity contribution is 14.1. The first kappa shape index (κ1) is 10.5. The van der Waals surface area contributed by atoms with Crippen LogP contribution in [0.3, 0.4) is 0 Å². The lowest BCUT2D eigenvalue weighted by Gasteiger charge is -2.05. The van der Waals surface area contributed by atoms with Gasteiger partial charge in [0.05, 0.1) is 5.69 Å². The van der Waals surface area contributed by atoms with Gasteiger partial charge in [0, 0.05) is 10.7 Å². The molecule has 3 nitrogen and oxygen atoms in total. The van der Waals surface area contributed by atoms with Gasteiger partial charge in [-0.1, -0.05) is 12.1 Å². The molecule has 0 atom stereocenters. The van der Waals surface area contributed by atoms with E-state index in [-0.39, 0.29) is 12.5 Å². The van der Waals surface area contributed by atoms with Crippen molar-refractivity contribution in [3.8, 4) is 0 Å². The van der Waals surface area contributed by atoms with Gasteiger partial charge in [0.15, 0.2) is 0 Å². The molecule has 1 rings (SSSR count). The van der Waals surface area contributed by atoms with E-state index in [1.165, 1.54) is 7.11 Å². The van der Waals surface area contributed by atoms with Crippen molar-refractivity contribution in [2.45, 2.75) is 0 Å². The number of anilines is 1. The molecule has 1 aromatic carbocycles. The van der Waals surface area contributed by atoms with Gasteiger partial charge in [0.25, 0.3) is 0 Å². The molecular weight excluding hydrogens is 281 g/mol. The monoisotopic (exact) mass is 291 g/mol. The van der Waals surface area contributed by atoms with Crippen LogP contribution in [-0.2, 0) is 9.53 Å². The van der Waals surface area contributed by atoms with E-state index in [9.17, 15) is 4.79 Å². The molecule has 0 saturated heterocycles. The predicted molar refractivity (Wildman–Crippen MR) is 59.7 cm³/mol. The molecule has 70 valence electrons. The lowest BCUT2D eigenvalue weighted by molar-refractivity contribution is -0.119. The lowest BCUT2D eigenvalue weighted by Crippen LogP contribution is -2.17. The smallest absolute Gasteiger partial charge is 0.250 e. The zero-order valence-corrected chi connectivity index (χ0v) is 9.37. The first-order valence-corrected chi connectivity index (χ1v) is 4.85. The van der Waals surface area contributed by atoms with E-state index in [4.69, 9.17) is 4.74 Å². The number of amides is 1. The maximum atomic E-state index is 11.1. The van der Waals surface area contributed by atoms with E-state index in [1.807, 2.05) is 24.3 Å². The minimum atomic E-state index is -0.133. The Morgan fingerprint density at radius 2 is 2.23 bits per heavy atom. The minimum absolute atomic E-state index is 0.0883. The summed E-state index contributed by atoms with van der Waals surface area (Å²) in [6, 6.07) is 7.59. The fourth-order valence-corrected chi connectivity index (χ4v) is 1.40. The van der Waals surface area contributed by atoms with Crippen molar-refractivity contribution >= 4 is 34.2 Å². The molecule has 0 aliphatic rings. The second kappa shape index (κ2) is 5.18. The third-order valence-corrected chi connectivity index (χ3v) is 2.36. The summed E-state index contributed by atoms with van der Waals surface area (Å²) in [6.45, 7) is 0.0883. The molecule has 0 saturated carbocycles. The number of methoxy groups -OCH3 is 1. The van der Waals surface area contributed by atoms with Crippen LogP contribution in [0.2, 0.25) is 0 Å². The molecule has 0 fully saturated rings. The average molecular weight is 291 g/mol. The molecule has 0 unspecified atom stereocenters. The van der Waals surface area contributed by atoms with Gasteiger partial charge >= 0.3 is 0 Å². The Morgan fingerprint density at radius 3 is 2.85 bits per heavy atom. The molecule has 0 aliphatic heterocycles. The van der Waals surface area contributed by atoms with E-state index < -0.39 is 0 Å². The fourth-order valence-electron chi connectivity index (χ4n) is 0.880. The second-order valence-electron chi connectivity index (χ2n) is 2.46. The van der Waals surface area contributed by atoms with Crippen LogP contribution < -0.4 is 5.32 Å². The topological polar surface area (TPSA) is 38.3 Å². The number of rotatable bonds is 3. The summed E-state index contributed by atoms with van der Waals surface area (Å²) >= 11 is 2.17. The summed E-state index contributed by atoms with van der Waals surface area (Å²) in [5.41, 5.74) is 0.824. The molecule has 1 amide bonds. The zero-order chi connectivity index (χ0) is 9.68. The van der Waals surface area contributed by atoms with Crippen LogP contribution in [0.4, 0.5) is 5.69 Å². The highest BCUT2D eigenvalue weighted by atomic mass is 127. The number of hydrogen-bond donors (Lipinski definition) is 1. The van der Waals surface area contributed by atoms with Crippen molar-refractivity contribution in [2.75, 3.05) is 19.0 Å². The molecule has 13 heavy (non-hydrogen) atoms. The van der Waals surface area contributed by atoms with Crippen LogP contribution in [-0.4, -0.2) is 19.6 Å². The number of ether oxygens (including phenoxy) is 1. The Hall–Kier alpha value is -0.620. The number of nitrogens with one attached hydrogen (secondary N) is 1. The summed E-state index contributed by atoms with van der Waals surface area (Å²) in [5.74, 6) is -0.133. The van der Waals surface area contributed by atoms with Crippen LogP contribution in [0.25, 0.3) is 0 Å². The Labute approximate surface area is 90.6 Å². The first-order valence-electron chi connectivity index (χ1n) is 3.77. The van der Waals surface area contributed by atoms with Crippen LogP contribution in [0.15, 0.2) is 24.3 Å². The number of hydrogen-bond acceptors (Lipinski definition) is 2. The van der Waals surface area contributed by atoms with Crippen molar-refractivity contribution in [3.63, 3.8) is 0 Å². The Morgan fingerprint density at radius 1 is 1.54 bits per heavy atom. The molecule has 0 spiro atoms. The van der Waals surface area contributed by atoms with Crippen molar-refractivity contribution < 1.29 is 9.53 Å². The molecule has 4 heteroatoms. The first-order chi connectivity index (χ1) is 6.24. The van der Waals surface area contributed by atoms with Gasteiger partial charge in [-0.15, -0.1) is 0 Å². The minimum Gasteiger partial charge on any atom is -0.375 e. The van der Waals surface area contributed by atoms with Crippen molar-refractivity contribution in [1.29, 1.82) is 0 Å². The highest BCUT2D eigenvalue weighted by Gasteiger charge is 2.02. The van der Waals surface area contributed by atoms with E-state index in [0.29, 0.717) is 0 Å². The highest BCUT2D eigenvalue weighted by Crippen LogP contribution is 2.16. The van der Waals surface area contributed by atoms with Crippen LogP contribution in [0.1, 0.15) is 0 Å². The Kier molecular flexibility index (Phi) is 4.17. The number of benzene rings is 1. The molecule has 0 bridgehead atoms. The standard InChI is InChI=1S/C9H10INO2/c1-13-6-9(12)11-8-5-3-2-4-7(8)10/h2-5H,6H2,1H3,(H,11,12). The lowest BCUT2D eigenvalue weighted by atomic mass is 10.3. The summed E-state index contributed by atoms with van der Waals surface area (Å²) in [6.07, 6.45) is 0. The normalized spacial score (nSPS) is 9.69. The van der Waals surface area contributed by atoms with Crippen LogP contribution in [0, 0.1) is 3.57 Å². The Bertz CT molecular complexity index is 301. The van der Waals surface area contributed by atoms with Crippen molar-refractivity contribution in [2.24, 2.45) is 0 Å². The predicted octanol–water partition coefficient (Wildman–Crippen LogP) is 1.88. The molecule has 1 aromatic rings. The fraction of sp³-hybridized carbons (Fsp3) is 0.222. The maximum absolute atomic E-state index is 11.1. The van der Waals surface area contributed by atoms with E-state index in [2.05, 4.69) is 27.9 Å². The summed E-state index contributed by atoms with van der Waals surface area (Å²) in [4.78, 5) is 11.1. The number of para-hydroxylation sites is 1. The maximum Gasteiger partial charge on any atom is 0.250 e. The molecule has 0 aromatic heterocycles. The molecule has 0 aliphatic carbocycles. The Balaban J connectivity index is 2.63. The van der Waals surface area contributed by atoms with Gasteiger partial charge in [-0.05, 0) is 34.7 Å². The van der Waals surface area contributed by atoms with Gasteiger partial charge in [-0.2, -0.15) is 0 Å². The number of carbonyl (C=O) groups is 1. The van der Waals surface area contributed by atoms with Crippen LogP contribution >= 0.6 is 22.6 Å². The summed E-state index contributed by atoms with van der Waals surface area (Å²) < 4.78 is 5.72. The third kappa shape index (κ3) is 3.31. The van der Waals surface area contributed by atoms with Gasteiger partial charge in [-0.25, -0.2) is 0 Å². The van der Waals surface area contributed by atoms with E-state index in [0.717, 1.165) is 9.26 Å². The SMILES string of the molecule is COCC(=O)Nc1ccccc1I. The third-order valence-electron chi connectivity index (χ3n) is 1.42. The summed E-state index contributed by atoms with van der Waals surface area (Å²) in [5, 5.41) is 2.74. The van der Waals surface area contributed by atoms with Gasteiger partial charge in [-0.3, -0.25) is 4.79 Å². The molecule has 0 heterocycles. The van der Waals surface area contributed by atoms with Crippen molar-refractivity contribution in [1.82, 2.24) is 0 Å². The largest absolute Gasteiger partial charge is 0.375 e. The number of halogens is 1. The van der Waals surface area contributed by atoms with Crippen molar-refractivity contribution in [3.05, 3.63) is 27.8 Å². The summed E-state index contributed by atoms with van der Waals surface area (Å²) in [7, 11) is 1.50. The molecular formula is C9H10INO2.